The van der Waals surface area contributed by atoms with Gasteiger partial charge in [-0.3, -0.25) is 9.69 Å². The number of aliphatic hydroxyl groups excluding tert-OH is 1. The topological polar surface area (TPSA) is 70.1 Å². The van der Waals surface area contributed by atoms with Gasteiger partial charge in [0, 0.05) is 6.54 Å². The van der Waals surface area contributed by atoms with Crippen LogP contribution in [0.3, 0.4) is 0 Å². The average molecular weight is 445 g/mol. The summed E-state index contributed by atoms with van der Waals surface area (Å²) < 4.78 is 5.73. The van der Waals surface area contributed by atoms with E-state index in [1.54, 1.807) is 4.90 Å². The van der Waals surface area contributed by atoms with E-state index in [2.05, 4.69) is 0 Å². The molecule has 1 aliphatic heterocycles. The van der Waals surface area contributed by atoms with Gasteiger partial charge in [-0.2, -0.15) is 0 Å². The summed E-state index contributed by atoms with van der Waals surface area (Å²) in [4.78, 5) is 29.3. The van der Waals surface area contributed by atoms with Gasteiger partial charge in [-0.05, 0) is 48.2 Å². The molecule has 33 heavy (non-hydrogen) atoms. The van der Waals surface area contributed by atoms with Crippen molar-refractivity contribution in [2.45, 2.75) is 32.5 Å². The zero-order valence-corrected chi connectivity index (χ0v) is 18.8. The zero-order valence-electron chi connectivity index (χ0n) is 18.8. The molecule has 3 aromatic rings. The lowest BCUT2D eigenvalue weighted by Gasteiger charge is -2.22. The number of ether oxygens (including phenoxy) is 1. The first-order valence-electron chi connectivity index (χ1n) is 11.0. The van der Waals surface area contributed by atoms with E-state index < -0.39 is 18.2 Å². The smallest absolute Gasteiger partial charge is 0.328 e. The van der Waals surface area contributed by atoms with Gasteiger partial charge in [-0.1, -0.05) is 66.7 Å². The SMILES string of the molecule is Cc1cc(C)cc(OCC(O)CN2C(=O)C(c3ccccc3)N(Cc3ccccc3)C2=O)c1. The van der Waals surface area contributed by atoms with Crippen molar-refractivity contribution in [3.05, 3.63) is 101 Å². The van der Waals surface area contributed by atoms with Crippen LogP contribution < -0.4 is 4.74 Å². The first kappa shape index (κ1) is 22.6. The molecule has 0 saturated carbocycles. The molecule has 170 valence electrons. The molecule has 4 rings (SSSR count). The number of β-amino-alcohol motifs (C(OH)–C–C–N with tert-alkyl or cyclic N) is 1. The minimum atomic E-state index is -1.01. The van der Waals surface area contributed by atoms with E-state index in [0.717, 1.165) is 27.2 Å². The number of carbonyl (C=O) groups excluding carboxylic acids is 2. The summed E-state index contributed by atoms with van der Waals surface area (Å²) in [5, 5.41) is 10.6. The molecular formula is C27H28N2O4. The second kappa shape index (κ2) is 9.88. The van der Waals surface area contributed by atoms with Crippen molar-refractivity contribution >= 4 is 11.9 Å². The summed E-state index contributed by atoms with van der Waals surface area (Å²) >= 11 is 0. The minimum Gasteiger partial charge on any atom is -0.491 e. The zero-order chi connectivity index (χ0) is 23.4. The molecule has 2 unspecified atom stereocenters. The normalized spacial score (nSPS) is 16.9. The third kappa shape index (κ3) is 5.23. The fourth-order valence-corrected chi connectivity index (χ4v) is 4.18. The Morgan fingerprint density at radius 3 is 2.15 bits per heavy atom. The predicted octanol–water partition coefficient (Wildman–Crippen LogP) is 4.25. The van der Waals surface area contributed by atoms with Crippen LogP contribution >= 0.6 is 0 Å². The van der Waals surface area contributed by atoms with Crippen LogP contribution in [0.25, 0.3) is 0 Å². The highest BCUT2D eigenvalue weighted by molar-refractivity contribution is 6.04. The van der Waals surface area contributed by atoms with E-state index >= 15 is 0 Å². The second-order valence-corrected chi connectivity index (χ2v) is 8.45. The highest BCUT2D eigenvalue weighted by Gasteiger charge is 2.46. The van der Waals surface area contributed by atoms with Gasteiger partial charge in [0.2, 0.25) is 0 Å². The van der Waals surface area contributed by atoms with Crippen molar-refractivity contribution in [3.63, 3.8) is 0 Å². The van der Waals surface area contributed by atoms with Crippen LogP contribution in [0.2, 0.25) is 0 Å². The number of aryl methyl sites for hydroxylation is 2. The van der Waals surface area contributed by atoms with E-state index in [1.807, 2.05) is 92.7 Å². The Bertz CT molecular complexity index is 1100. The van der Waals surface area contributed by atoms with Crippen LogP contribution in [0, 0.1) is 13.8 Å². The highest BCUT2D eigenvalue weighted by atomic mass is 16.5. The largest absolute Gasteiger partial charge is 0.491 e. The van der Waals surface area contributed by atoms with E-state index in [9.17, 15) is 14.7 Å². The Labute approximate surface area is 194 Å². The average Bonchev–Trinajstić information content (AvgIpc) is 3.02. The van der Waals surface area contributed by atoms with Crippen molar-refractivity contribution in [3.8, 4) is 5.75 Å². The lowest BCUT2D eigenvalue weighted by molar-refractivity contribution is -0.129. The standard InChI is InChI=1S/C27H28N2O4/c1-19-13-20(2)15-24(14-19)33-18-23(30)17-29-26(31)25(22-11-7-4-8-12-22)28(27(29)32)16-21-9-5-3-6-10-21/h3-15,23,25,30H,16-18H2,1-2H3. The maximum Gasteiger partial charge on any atom is 0.328 e. The van der Waals surface area contributed by atoms with Gasteiger partial charge in [0.1, 0.15) is 24.5 Å². The number of carbonyl (C=O) groups is 2. The molecule has 0 radical (unpaired) electrons. The molecule has 6 nitrogen and oxygen atoms in total. The van der Waals surface area contributed by atoms with Gasteiger partial charge >= 0.3 is 6.03 Å². The first-order chi connectivity index (χ1) is 15.9. The number of hydrogen-bond donors (Lipinski definition) is 1. The number of aliphatic hydroxyl groups is 1. The minimum absolute atomic E-state index is 0.0192. The fraction of sp³-hybridized carbons (Fsp3) is 0.259. The van der Waals surface area contributed by atoms with Crippen LogP contribution in [-0.2, 0) is 11.3 Å². The Morgan fingerprint density at radius 1 is 0.909 bits per heavy atom. The molecule has 1 aliphatic rings. The quantitative estimate of drug-likeness (QED) is 0.528. The molecular weight excluding hydrogens is 416 g/mol. The van der Waals surface area contributed by atoms with Gasteiger partial charge in [0.25, 0.3) is 5.91 Å². The van der Waals surface area contributed by atoms with Gasteiger partial charge < -0.3 is 14.7 Å². The van der Waals surface area contributed by atoms with E-state index in [4.69, 9.17) is 4.74 Å². The monoisotopic (exact) mass is 444 g/mol. The molecule has 3 amide bonds. The van der Waals surface area contributed by atoms with Crippen LogP contribution in [0.4, 0.5) is 4.79 Å². The molecule has 0 aromatic heterocycles. The molecule has 6 heteroatoms. The molecule has 2 atom stereocenters. The third-order valence-electron chi connectivity index (χ3n) is 5.63. The van der Waals surface area contributed by atoms with Crippen LogP contribution in [-0.4, -0.2) is 46.1 Å². The Morgan fingerprint density at radius 2 is 1.52 bits per heavy atom. The number of amides is 3. The van der Waals surface area contributed by atoms with E-state index in [1.165, 1.54) is 0 Å². The summed E-state index contributed by atoms with van der Waals surface area (Å²) in [7, 11) is 0. The van der Waals surface area contributed by atoms with Gasteiger partial charge in [0.05, 0.1) is 6.54 Å². The van der Waals surface area contributed by atoms with Crippen molar-refractivity contribution in [2.75, 3.05) is 13.2 Å². The van der Waals surface area contributed by atoms with Crippen LogP contribution in [0.15, 0.2) is 78.9 Å². The third-order valence-corrected chi connectivity index (χ3v) is 5.63. The summed E-state index contributed by atoms with van der Waals surface area (Å²) in [5.74, 6) is 0.311. The molecule has 1 heterocycles. The summed E-state index contributed by atoms with van der Waals surface area (Å²) in [6, 6.07) is 23.5. The van der Waals surface area contributed by atoms with Gasteiger partial charge in [-0.25, -0.2) is 4.79 Å². The molecule has 1 fully saturated rings. The van der Waals surface area contributed by atoms with Crippen molar-refractivity contribution < 1.29 is 19.4 Å². The summed E-state index contributed by atoms with van der Waals surface area (Å²) in [6.45, 7) is 4.11. The van der Waals surface area contributed by atoms with Gasteiger partial charge in [-0.15, -0.1) is 0 Å². The molecule has 1 N–H and O–H groups in total. The number of hydrogen-bond acceptors (Lipinski definition) is 4. The number of imide groups is 1. The van der Waals surface area contributed by atoms with Gasteiger partial charge in [0.15, 0.2) is 0 Å². The maximum atomic E-state index is 13.3. The number of nitrogens with zero attached hydrogens (tertiary/aromatic N) is 2. The molecule has 0 spiro atoms. The first-order valence-corrected chi connectivity index (χ1v) is 11.0. The Balaban J connectivity index is 1.50. The Hall–Kier alpha value is -3.64. The van der Waals surface area contributed by atoms with Crippen molar-refractivity contribution in [1.29, 1.82) is 0 Å². The number of rotatable bonds is 8. The van der Waals surface area contributed by atoms with Crippen LogP contribution in [0.5, 0.6) is 5.75 Å². The predicted molar refractivity (Wildman–Crippen MR) is 126 cm³/mol. The molecule has 0 bridgehead atoms. The van der Waals surface area contributed by atoms with Crippen LogP contribution in [0.1, 0.15) is 28.3 Å². The number of urea groups is 1. The number of benzene rings is 3. The molecule has 1 saturated heterocycles. The van der Waals surface area contributed by atoms with Crippen molar-refractivity contribution in [2.24, 2.45) is 0 Å². The summed E-state index contributed by atoms with van der Waals surface area (Å²) in [5.41, 5.74) is 3.80. The Kier molecular flexibility index (Phi) is 6.75. The van der Waals surface area contributed by atoms with Crippen molar-refractivity contribution in [1.82, 2.24) is 9.80 Å². The summed E-state index contributed by atoms with van der Waals surface area (Å²) in [6.07, 6.45) is -1.01. The lowest BCUT2D eigenvalue weighted by atomic mass is 10.1. The lowest BCUT2D eigenvalue weighted by Crippen LogP contribution is -2.40. The fourth-order valence-electron chi connectivity index (χ4n) is 4.18. The molecule has 0 aliphatic carbocycles. The molecule has 3 aromatic carbocycles. The highest BCUT2D eigenvalue weighted by Crippen LogP contribution is 2.32. The second-order valence-electron chi connectivity index (χ2n) is 8.45. The maximum absolute atomic E-state index is 13.3. The van der Waals surface area contributed by atoms with E-state index in [0.29, 0.717) is 12.3 Å². The van der Waals surface area contributed by atoms with E-state index in [-0.39, 0.29) is 19.1 Å².